The number of ether oxygens (including phenoxy) is 4. The molecule has 0 aromatic heterocycles. The third-order valence-corrected chi connectivity index (χ3v) is 7.59. The SMILES string of the molecule is C=CC[C@@H]1[C@H](OCc2ccccc2)[C@@H](OCc2ccccc2)[C@H](COCc2ccccc2)N1C(=O)OCc1ccccc1. The fourth-order valence-corrected chi connectivity index (χ4v) is 5.48. The van der Waals surface area contributed by atoms with E-state index in [2.05, 4.69) is 6.58 Å². The molecule has 5 rings (SSSR count). The number of carbonyl (C=O) groups is 1. The van der Waals surface area contributed by atoms with Crippen molar-refractivity contribution in [1.82, 2.24) is 4.90 Å². The maximum Gasteiger partial charge on any atom is 0.410 e. The van der Waals surface area contributed by atoms with Gasteiger partial charge in [0.15, 0.2) is 0 Å². The number of carbonyl (C=O) groups excluding carboxylic acids is 1. The van der Waals surface area contributed by atoms with E-state index in [0.29, 0.717) is 26.2 Å². The first-order valence-corrected chi connectivity index (χ1v) is 14.8. The molecule has 1 aliphatic heterocycles. The molecule has 4 aromatic rings. The second-order valence-electron chi connectivity index (χ2n) is 10.6. The first-order valence-electron chi connectivity index (χ1n) is 14.8. The molecule has 1 heterocycles. The van der Waals surface area contributed by atoms with Crippen molar-refractivity contribution < 1.29 is 23.7 Å². The summed E-state index contributed by atoms with van der Waals surface area (Å²) < 4.78 is 25.4. The van der Waals surface area contributed by atoms with E-state index in [1.165, 1.54) is 0 Å². The smallest absolute Gasteiger partial charge is 0.410 e. The fraction of sp³-hybridized carbons (Fsp3) is 0.270. The molecule has 6 heteroatoms. The van der Waals surface area contributed by atoms with Gasteiger partial charge in [-0.3, -0.25) is 4.90 Å². The van der Waals surface area contributed by atoms with Crippen LogP contribution in [0.2, 0.25) is 0 Å². The van der Waals surface area contributed by atoms with Crippen LogP contribution in [-0.4, -0.2) is 41.9 Å². The molecule has 6 nitrogen and oxygen atoms in total. The maximum absolute atomic E-state index is 13.9. The van der Waals surface area contributed by atoms with Crippen molar-refractivity contribution >= 4 is 6.09 Å². The Kier molecular flexibility index (Phi) is 11.1. The largest absolute Gasteiger partial charge is 0.445 e. The molecular formula is C37H39NO5. The zero-order valence-electron chi connectivity index (χ0n) is 24.4. The van der Waals surface area contributed by atoms with Crippen molar-refractivity contribution in [3.63, 3.8) is 0 Å². The van der Waals surface area contributed by atoms with Gasteiger partial charge in [-0.05, 0) is 28.7 Å². The molecule has 0 spiro atoms. The normalized spacial score (nSPS) is 19.7. The zero-order valence-corrected chi connectivity index (χ0v) is 24.4. The van der Waals surface area contributed by atoms with Crippen molar-refractivity contribution in [2.45, 2.75) is 57.1 Å². The van der Waals surface area contributed by atoms with Crippen LogP contribution in [0.4, 0.5) is 4.79 Å². The van der Waals surface area contributed by atoms with Gasteiger partial charge >= 0.3 is 6.09 Å². The average molecular weight is 578 g/mol. The zero-order chi connectivity index (χ0) is 29.7. The summed E-state index contributed by atoms with van der Waals surface area (Å²) in [6.07, 6.45) is 1.01. The van der Waals surface area contributed by atoms with E-state index in [1.807, 2.05) is 127 Å². The van der Waals surface area contributed by atoms with Crippen molar-refractivity contribution in [3.8, 4) is 0 Å². The fourth-order valence-electron chi connectivity index (χ4n) is 5.48. The van der Waals surface area contributed by atoms with E-state index in [-0.39, 0.29) is 19.3 Å². The molecule has 0 radical (unpaired) electrons. The highest BCUT2D eigenvalue weighted by Gasteiger charge is 2.52. The summed E-state index contributed by atoms with van der Waals surface area (Å²) in [5.41, 5.74) is 4.06. The molecule has 0 bridgehead atoms. The minimum absolute atomic E-state index is 0.166. The van der Waals surface area contributed by atoms with Gasteiger partial charge in [-0.1, -0.05) is 127 Å². The monoisotopic (exact) mass is 577 g/mol. The van der Waals surface area contributed by atoms with Gasteiger partial charge in [-0.15, -0.1) is 6.58 Å². The Morgan fingerprint density at radius 1 is 0.605 bits per heavy atom. The van der Waals surface area contributed by atoms with E-state index in [0.717, 1.165) is 22.3 Å². The number of hydrogen-bond acceptors (Lipinski definition) is 5. The lowest BCUT2D eigenvalue weighted by atomic mass is 10.0. The quantitative estimate of drug-likeness (QED) is 0.147. The Balaban J connectivity index is 1.42. The van der Waals surface area contributed by atoms with Crippen molar-refractivity contribution in [1.29, 1.82) is 0 Å². The third-order valence-electron chi connectivity index (χ3n) is 7.59. The Bertz CT molecular complexity index is 1380. The minimum atomic E-state index is -0.464. The molecule has 0 unspecified atom stereocenters. The molecule has 1 aliphatic rings. The predicted molar refractivity (Wildman–Crippen MR) is 167 cm³/mol. The number of benzene rings is 4. The van der Waals surface area contributed by atoms with Crippen LogP contribution in [0.5, 0.6) is 0 Å². The molecule has 222 valence electrons. The van der Waals surface area contributed by atoms with Crippen LogP contribution in [0.1, 0.15) is 28.7 Å². The van der Waals surface area contributed by atoms with Gasteiger partial charge in [-0.2, -0.15) is 0 Å². The minimum Gasteiger partial charge on any atom is -0.445 e. The Morgan fingerprint density at radius 3 is 1.49 bits per heavy atom. The molecule has 1 fully saturated rings. The van der Waals surface area contributed by atoms with Crippen LogP contribution < -0.4 is 0 Å². The van der Waals surface area contributed by atoms with Crippen molar-refractivity contribution in [2.24, 2.45) is 0 Å². The number of amides is 1. The topological polar surface area (TPSA) is 57.2 Å². The molecule has 0 saturated carbocycles. The summed E-state index contributed by atoms with van der Waals surface area (Å²) in [6, 6.07) is 38.9. The summed E-state index contributed by atoms with van der Waals surface area (Å²) in [5, 5.41) is 0. The van der Waals surface area contributed by atoms with E-state index in [4.69, 9.17) is 18.9 Å². The Labute approximate surface area is 254 Å². The van der Waals surface area contributed by atoms with E-state index < -0.39 is 24.3 Å². The van der Waals surface area contributed by atoms with Crippen molar-refractivity contribution in [3.05, 3.63) is 156 Å². The number of nitrogens with zero attached hydrogens (tertiary/aromatic N) is 1. The van der Waals surface area contributed by atoms with Crippen molar-refractivity contribution in [2.75, 3.05) is 6.61 Å². The summed E-state index contributed by atoms with van der Waals surface area (Å²) in [6.45, 7) is 5.60. The van der Waals surface area contributed by atoms with Gasteiger partial charge in [0.2, 0.25) is 0 Å². The standard InChI is InChI=1S/C37H39NO5/c1-2-15-33-35(41-25-30-18-9-4-10-19-30)36(42-26-31-20-11-5-12-21-31)34(28-40-24-29-16-7-3-8-17-29)38(33)37(39)43-27-32-22-13-6-14-23-32/h2-14,16-23,33-36H,1,15,24-28H2/t33-,34+,35+,36+/m1/s1. The third kappa shape index (κ3) is 8.42. The molecular weight excluding hydrogens is 538 g/mol. The summed E-state index contributed by atoms with van der Waals surface area (Å²) >= 11 is 0. The van der Waals surface area contributed by atoms with E-state index in [9.17, 15) is 4.79 Å². The molecule has 0 aliphatic carbocycles. The lowest BCUT2D eigenvalue weighted by Gasteiger charge is -2.30. The van der Waals surface area contributed by atoms with Gasteiger partial charge in [0.25, 0.3) is 0 Å². The Hall–Kier alpha value is -4.23. The average Bonchev–Trinajstić information content (AvgIpc) is 3.35. The van der Waals surface area contributed by atoms with Gasteiger partial charge < -0.3 is 18.9 Å². The van der Waals surface area contributed by atoms with Crippen LogP contribution in [0.15, 0.2) is 134 Å². The molecule has 0 N–H and O–H groups in total. The molecule has 43 heavy (non-hydrogen) atoms. The maximum atomic E-state index is 13.9. The predicted octanol–water partition coefficient (Wildman–Crippen LogP) is 7.34. The lowest BCUT2D eigenvalue weighted by Crippen LogP contribution is -2.46. The van der Waals surface area contributed by atoms with Crippen LogP contribution in [-0.2, 0) is 45.4 Å². The molecule has 1 amide bonds. The lowest BCUT2D eigenvalue weighted by molar-refractivity contribution is -0.0861. The van der Waals surface area contributed by atoms with Gasteiger partial charge in [-0.25, -0.2) is 4.79 Å². The summed E-state index contributed by atoms with van der Waals surface area (Å²) in [4.78, 5) is 15.7. The molecule has 4 atom stereocenters. The first kappa shape index (κ1) is 30.2. The Morgan fingerprint density at radius 2 is 1.02 bits per heavy atom. The second-order valence-corrected chi connectivity index (χ2v) is 10.6. The second kappa shape index (κ2) is 15.8. The molecule has 1 saturated heterocycles. The van der Waals surface area contributed by atoms with E-state index in [1.54, 1.807) is 4.90 Å². The number of likely N-dealkylation sites (tertiary alicyclic amines) is 1. The molecule has 4 aromatic carbocycles. The van der Waals surface area contributed by atoms with Gasteiger partial charge in [0.1, 0.15) is 18.8 Å². The number of hydrogen-bond donors (Lipinski definition) is 0. The van der Waals surface area contributed by atoms with Crippen LogP contribution in [0.3, 0.4) is 0 Å². The van der Waals surface area contributed by atoms with Gasteiger partial charge in [0, 0.05) is 0 Å². The van der Waals surface area contributed by atoms with E-state index >= 15 is 0 Å². The highest BCUT2D eigenvalue weighted by atomic mass is 16.6. The highest BCUT2D eigenvalue weighted by molar-refractivity contribution is 5.69. The first-order chi connectivity index (χ1) is 21.2. The summed E-state index contributed by atoms with van der Waals surface area (Å²) in [5.74, 6) is 0. The van der Waals surface area contributed by atoms with Crippen LogP contribution in [0, 0.1) is 0 Å². The van der Waals surface area contributed by atoms with Crippen LogP contribution >= 0.6 is 0 Å². The van der Waals surface area contributed by atoms with Gasteiger partial charge in [0.05, 0.1) is 38.5 Å². The van der Waals surface area contributed by atoms with Crippen LogP contribution in [0.25, 0.3) is 0 Å². The number of rotatable bonds is 14. The summed E-state index contributed by atoms with van der Waals surface area (Å²) in [7, 11) is 0. The highest BCUT2D eigenvalue weighted by Crippen LogP contribution is 2.35.